The maximum Gasteiger partial charge on any atom is 0.120 e. The lowest BCUT2D eigenvalue weighted by Gasteiger charge is -2.30. The fourth-order valence-electron chi connectivity index (χ4n) is 3.69. The van der Waals surface area contributed by atoms with E-state index in [1.54, 1.807) is 6.07 Å². The molecule has 3 aromatic rings. The number of pyridine rings is 1. The van der Waals surface area contributed by atoms with Gasteiger partial charge in [0.05, 0.1) is 17.3 Å². The molecule has 3 heterocycles. The molecule has 0 atom stereocenters. The van der Waals surface area contributed by atoms with Crippen LogP contribution in [-0.2, 0) is 6.54 Å². The van der Waals surface area contributed by atoms with Crippen molar-refractivity contribution in [1.29, 1.82) is 0 Å². The van der Waals surface area contributed by atoms with Crippen molar-refractivity contribution in [3.8, 4) is 11.3 Å². The van der Waals surface area contributed by atoms with Crippen molar-refractivity contribution in [1.82, 2.24) is 14.8 Å². The van der Waals surface area contributed by atoms with Crippen molar-refractivity contribution in [3.63, 3.8) is 0 Å². The monoisotopic (exact) mass is 372 g/mol. The molecule has 1 aromatic carbocycles. The molecule has 1 aliphatic carbocycles. The number of benzene rings is 1. The summed E-state index contributed by atoms with van der Waals surface area (Å²) in [6.07, 6.45) is 2.71. The zero-order valence-electron chi connectivity index (χ0n) is 14.0. The Balaban J connectivity index is 1.72. The lowest BCUT2D eigenvalue weighted by molar-refractivity contribution is 0.582. The first-order valence-electron chi connectivity index (χ1n) is 8.68. The van der Waals surface area contributed by atoms with Gasteiger partial charge in [0.1, 0.15) is 16.7 Å². The lowest BCUT2D eigenvalue weighted by Crippen LogP contribution is -2.33. The van der Waals surface area contributed by atoms with Gasteiger partial charge in [0, 0.05) is 29.4 Å². The second-order valence-electron chi connectivity index (χ2n) is 7.07. The van der Waals surface area contributed by atoms with Crippen LogP contribution >= 0.6 is 23.2 Å². The Morgan fingerprint density at radius 2 is 2.00 bits per heavy atom. The summed E-state index contributed by atoms with van der Waals surface area (Å²) in [5.74, 6) is 0.850. The molecule has 1 saturated carbocycles. The van der Waals surface area contributed by atoms with E-state index < -0.39 is 0 Å². The molecular weight excluding hydrogens is 355 g/mol. The van der Waals surface area contributed by atoms with Crippen LogP contribution in [0, 0.1) is 12.8 Å². The number of nitrogens with zero attached hydrogens (tertiary/aromatic N) is 4. The number of hydrogen-bond donors (Lipinski definition) is 0. The summed E-state index contributed by atoms with van der Waals surface area (Å²) in [7, 11) is 0. The van der Waals surface area contributed by atoms with Crippen LogP contribution in [0.3, 0.4) is 0 Å². The van der Waals surface area contributed by atoms with E-state index in [0.717, 1.165) is 53.5 Å². The van der Waals surface area contributed by atoms with Crippen molar-refractivity contribution in [2.45, 2.75) is 26.3 Å². The Morgan fingerprint density at radius 3 is 2.76 bits per heavy atom. The lowest BCUT2D eigenvalue weighted by atomic mass is 10.1. The summed E-state index contributed by atoms with van der Waals surface area (Å²) in [5, 5.41) is 6.09. The molecule has 1 aliphatic heterocycles. The normalized spacial score (nSPS) is 16.7. The standard InChI is InChI=1S/C19H18Cl2N4/c1-11-8-16-19-18(22-11)17(14-5-4-13(20)9-15(14)21)23-25(19)7-6-24(16)10-12-2-3-12/h4-5,8-9,12H,2-3,6-7,10H2,1H3. The van der Waals surface area contributed by atoms with Crippen LogP contribution in [0.15, 0.2) is 24.3 Å². The van der Waals surface area contributed by atoms with Gasteiger partial charge < -0.3 is 4.90 Å². The maximum atomic E-state index is 6.45. The van der Waals surface area contributed by atoms with Gasteiger partial charge in [-0.05, 0) is 49.9 Å². The quantitative estimate of drug-likeness (QED) is 0.652. The third-order valence-electron chi connectivity index (χ3n) is 5.09. The first-order valence-corrected chi connectivity index (χ1v) is 9.44. The number of rotatable bonds is 3. The molecule has 128 valence electrons. The molecule has 0 unspecified atom stereocenters. The second-order valence-corrected chi connectivity index (χ2v) is 7.91. The Kier molecular flexibility index (Phi) is 3.47. The SMILES string of the molecule is Cc1cc2c3c(n1)c(-c1ccc(Cl)cc1Cl)nn3CCN2CC1CC1. The average Bonchev–Trinajstić information content (AvgIpc) is 3.31. The van der Waals surface area contributed by atoms with Crippen LogP contribution in [0.2, 0.25) is 10.0 Å². The second kappa shape index (κ2) is 5.61. The van der Waals surface area contributed by atoms with Gasteiger partial charge in [0.25, 0.3) is 0 Å². The molecule has 0 bridgehead atoms. The molecule has 5 rings (SSSR count). The van der Waals surface area contributed by atoms with Crippen molar-refractivity contribution in [3.05, 3.63) is 40.0 Å². The van der Waals surface area contributed by atoms with Gasteiger partial charge in [-0.25, -0.2) is 4.98 Å². The molecule has 0 radical (unpaired) electrons. The van der Waals surface area contributed by atoms with Crippen LogP contribution in [0.5, 0.6) is 0 Å². The van der Waals surface area contributed by atoms with E-state index in [1.807, 2.05) is 19.1 Å². The largest absolute Gasteiger partial charge is 0.368 e. The summed E-state index contributed by atoms with van der Waals surface area (Å²) >= 11 is 12.5. The fourth-order valence-corrected chi connectivity index (χ4v) is 4.19. The van der Waals surface area contributed by atoms with E-state index >= 15 is 0 Å². The van der Waals surface area contributed by atoms with Crippen molar-refractivity contribution < 1.29 is 0 Å². The maximum absolute atomic E-state index is 6.45. The smallest absolute Gasteiger partial charge is 0.120 e. The molecule has 0 N–H and O–H groups in total. The first kappa shape index (κ1) is 15.5. The molecule has 0 saturated heterocycles. The average molecular weight is 373 g/mol. The minimum atomic E-state index is 0.609. The van der Waals surface area contributed by atoms with Crippen LogP contribution in [0.1, 0.15) is 18.5 Å². The molecule has 2 aromatic heterocycles. The predicted molar refractivity (Wildman–Crippen MR) is 103 cm³/mol. The molecule has 4 nitrogen and oxygen atoms in total. The van der Waals surface area contributed by atoms with Crippen LogP contribution in [0.4, 0.5) is 5.69 Å². The molecule has 2 aliphatic rings. The zero-order valence-corrected chi connectivity index (χ0v) is 15.5. The van der Waals surface area contributed by atoms with Gasteiger partial charge >= 0.3 is 0 Å². The van der Waals surface area contributed by atoms with E-state index in [-0.39, 0.29) is 0 Å². The van der Waals surface area contributed by atoms with Crippen LogP contribution < -0.4 is 4.90 Å². The summed E-state index contributed by atoms with van der Waals surface area (Å²) < 4.78 is 2.08. The number of halogens is 2. The summed E-state index contributed by atoms with van der Waals surface area (Å²) in [6.45, 7) is 5.06. The number of anilines is 1. The highest BCUT2D eigenvalue weighted by Gasteiger charge is 2.30. The molecule has 0 spiro atoms. The first-order chi connectivity index (χ1) is 12.1. The molecule has 0 amide bonds. The van der Waals surface area contributed by atoms with Crippen molar-refractivity contribution in [2.24, 2.45) is 5.92 Å². The molecule has 1 fully saturated rings. The van der Waals surface area contributed by atoms with Crippen LogP contribution in [-0.4, -0.2) is 27.9 Å². The van der Waals surface area contributed by atoms with E-state index in [9.17, 15) is 0 Å². The zero-order chi connectivity index (χ0) is 17.1. The minimum absolute atomic E-state index is 0.609. The Hall–Kier alpha value is -1.78. The van der Waals surface area contributed by atoms with Gasteiger partial charge in [0.2, 0.25) is 0 Å². The third kappa shape index (κ3) is 2.59. The molecular formula is C19H18Cl2N4. The van der Waals surface area contributed by atoms with Crippen LogP contribution in [0.25, 0.3) is 22.3 Å². The number of aromatic nitrogens is 3. The highest BCUT2D eigenvalue weighted by atomic mass is 35.5. The fraction of sp³-hybridized carbons (Fsp3) is 0.368. The number of hydrogen-bond acceptors (Lipinski definition) is 3. The highest BCUT2D eigenvalue weighted by molar-refractivity contribution is 6.36. The van der Waals surface area contributed by atoms with Crippen molar-refractivity contribution in [2.75, 3.05) is 18.0 Å². The Labute approximate surface area is 156 Å². The van der Waals surface area contributed by atoms with Gasteiger partial charge in [-0.2, -0.15) is 5.10 Å². The van der Waals surface area contributed by atoms with Crippen molar-refractivity contribution >= 4 is 39.9 Å². The van der Waals surface area contributed by atoms with Gasteiger partial charge in [-0.1, -0.05) is 23.2 Å². The summed E-state index contributed by atoms with van der Waals surface area (Å²) in [6, 6.07) is 7.73. The minimum Gasteiger partial charge on any atom is -0.368 e. The van der Waals surface area contributed by atoms with E-state index in [2.05, 4.69) is 15.6 Å². The Morgan fingerprint density at radius 1 is 1.16 bits per heavy atom. The molecule has 6 heteroatoms. The molecule has 25 heavy (non-hydrogen) atoms. The van der Waals surface area contributed by atoms with Gasteiger partial charge in [-0.15, -0.1) is 0 Å². The summed E-state index contributed by atoms with van der Waals surface area (Å²) in [5.41, 5.74) is 6.04. The van der Waals surface area contributed by atoms with Gasteiger partial charge in [-0.3, -0.25) is 4.68 Å². The Bertz CT molecular complexity index is 991. The van der Waals surface area contributed by atoms with E-state index in [4.69, 9.17) is 33.3 Å². The van der Waals surface area contributed by atoms with E-state index in [1.165, 1.54) is 18.5 Å². The van der Waals surface area contributed by atoms with E-state index in [0.29, 0.717) is 10.0 Å². The highest BCUT2D eigenvalue weighted by Crippen LogP contribution is 2.40. The number of aryl methyl sites for hydroxylation is 1. The van der Waals surface area contributed by atoms with Gasteiger partial charge in [0.15, 0.2) is 0 Å². The topological polar surface area (TPSA) is 34.0 Å². The third-order valence-corrected chi connectivity index (χ3v) is 5.64. The predicted octanol–water partition coefficient (Wildman–Crippen LogP) is 4.94. The summed E-state index contributed by atoms with van der Waals surface area (Å²) in [4.78, 5) is 7.31.